The van der Waals surface area contributed by atoms with Gasteiger partial charge in [0.1, 0.15) is 6.54 Å². The standard InChI is InChI=1S/C10H12N4O2/c1-14-6-2-3-8(14)7-13-10(16)9(15)12-5-4-11/h2-3,6H,5,7H2,1H3,(H,12,15)(H,13,16). The molecule has 0 atom stereocenters. The maximum absolute atomic E-state index is 11.2. The summed E-state index contributed by atoms with van der Waals surface area (Å²) in [5, 5.41) is 12.8. The van der Waals surface area contributed by atoms with Gasteiger partial charge in [-0.3, -0.25) is 9.59 Å². The van der Waals surface area contributed by atoms with Crippen LogP contribution in [0.3, 0.4) is 0 Å². The molecule has 16 heavy (non-hydrogen) atoms. The van der Waals surface area contributed by atoms with Crippen LogP contribution in [0.2, 0.25) is 0 Å². The van der Waals surface area contributed by atoms with Crippen LogP contribution in [0.25, 0.3) is 0 Å². The van der Waals surface area contributed by atoms with Gasteiger partial charge in [-0.2, -0.15) is 5.26 Å². The highest BCUT2D eigenvalue weighted by Crippen LogP contribution is 1.97. The monoisotopic (exact) mass is 220 g/mol. The van der Waals surface area contributed by atoms with E-state index < -0.39 is 11.8 Å². The normalized spacial score (nSPS) is 9.25. The molecular formula is C10H12N4O2. The summed E-state index contributed by atoms with van der Waals surface area (Å²) in [7, 11) is 1.84. The third kappa shape index (κ3) is 3.13. The lowest BCUT2D eigenvalue weighted by Crippen LogP contribution is -2.39. The molecule has 6 heteroatoms. The van der Waals surface area contributed by atoms with Crippen molar-refractivity contribution in [2.24, 2.45) is 7.05 Å². The number of carbonyl (C=O) groups is 2. The van der Waals surface area contributed by atoms with Crippen LogP contribution in [0.5, 0.6) is 0 Å². The van der Waals surface area contributed by atoms with E-state index in [1.165, 1.54) is 0 Å². The van der Waals surface area contributed by atoms with Crippen molar-refractivity contribution in [3.63, 3.8) is 0 Å². The number of rotatable bonds is 3. The van der Waals surface area contributed by atoms with Crippen molar-refractivity contribution in [3.05, 3.63) is 24.0 Å². The molecule has 0 aliphatic carbocycles. The minimum Gasteiger partial charge on any atom is -0.353 e. The summed E-state index contributed by atoms with van der Waals surface area (Å²) in [5.74, 6) is -1.53. The molecule has 1 aromatic rings. The van der Waals surface area contributed by atoms with E-state index in [4.69, 9.17) is 5.26 Å². The summed E-state index contributed by atoms with van der Waals surface area (Å²) in [5.41, 5.74) is 0.890. The van der Waals surface area contributed by atoms with Gasteiger partial charge >= 0.3 is 11.8 Å². The van der Waals surface area contributed by atoms with Crippen LogP contribution in [0.4, 0.5) is 0 Å². The zero-order chi connectivity index (χ0) is 12.0. The molecule has 0 aromatic carbocycles. The van der Waals surface area contributed by atoms with Crippen molar-refractivity contribution in [2.75, 3.05) is 6.54 Å². The molecule has 0 spiro atoms. The molecule has 0 unspecified atom stereocenters. The Bertz CT molecular complexity index is 430. The summed E-state index contributed by atoms with van der Waals surface area (Å²) in [6.45, 7) is 0.110. The first-order valence-corrected chi connectivity index (χ1v) is 4.68. The molecule has 84 valence electrons. The number of nitrogens with zero attached hydrogens (tertiary/aromatic N) is 2. The van der Waals surface area contributed by atoms with E-state index in [1.54, 1.807) is 6.07 Å². The van der Waals surface area contributed by atoms with Crippen molar-refractivity contribution >= 4 is 11.8 Å². The Morgan fingerprint density at radius 3 is 2.69 bits per heavy atom. The predicted molar refractivity (Wildman–Crippen MR) is 55.9 cm³/mol. The first-order chi connectivity index (χ1) is 7.65. The highest BCUT2D eigenvalue weighted by atomic mass is 16.2. The average molecular weight is 220 g/mol. The van der Waals surface area contributed by atoms with Gasteiger partial charge in [0.2, 0.25) is 0 Å². The van der Waals surface area contributed by atoms with Gasteiger partial charge in [-0.05, 0) is 12.1 Å². The quantitative estimate of drug-likeness (QED) is 0.520. The van der Waals surface area contributed by atoms with Crippen molar-refractivity contribution in [1.82, 2.24) is 15.2 Å². The fourth-order valence-corrected chi connectivity index (χ4v) is 1.13. The molecule has 1 aromatic heterocycles. The third-order valence-electron chi connectivity index (χ3n) is 2.02. The molecular weight excluding hydrogens is 208 g/mol. The van der Waals surface area contributed by atoms with E-state index in [1.807, 2.05) is 29.9 Å². The largest absolute Gasteiger partial charge is 0.353 e. The molecule has 0 aliphatic rings. The van der Waals surface area contributed by atoms with Crippen LogP contribution < -0.4 is 10.6 Å². The maximum atomic E-state index is 11.2. The van der Waals surface area contributed by atoms with Gasteiger partial charge in [-0.15, -0.1) is 0 Å². The second-order valence-corrected chi connectivity index (χ2v) is 3.13. The zero-order valence-corrected chi connectivity index (χ0v) is 8.86. The van der Waals surface area contributed by atoms with E-state index in [9.17, 15) is 9.59 Å². The highest BCUT2D eigenvalue weighted by molar-refractivity contribution is 6.35. The number of hydrogen-bond acceptors (Lipinski definition) is 3. The van der Waals surface area contributed by atoms with Gasteiger partial charge in [-0.1, -0.05) is 0 Å². The van der Waals surface area contributed by atoms with Gasteiger partial charge in [0, 0.05) is 18.9 Å². The number of aromatic nitrogens is 1. The predicted octanol–water partition coefficient (Wildman–Crippen LogP) is -0.719. The molecule has 1 rings (SSSR count). The Balaban J connectivity index is 2.39. The Morgan fingerprint density at radius 1 is 1.44 bits per heavy atom. The first-order valence-electron chi connectivity index (χ1n) is 4.68. The lowest BCUT2D eigenvalue weighted by Gasteiger charge is -2.05. The summed E-state index contributed by atoms with van der Waals surface area (Å²) in [4.78, 5) is 22.3. The maximum Gasteiger partial charge on any atom is 0.310 e. The van der Waals surface area contributed by atoms with Crippen molar-refractivity contribution < 1.29 is 9.59 Å². The minimum atomic E-state index is -0.796. The van der Waals surface area contributed by atoms with Crippen LogP contribution in [0.1, 0.15) is 5.69 Å². The van der Waals surface area contributed by atoms with Crippen molar-refractivity contribution in [2.45, 2.75) is 6.54 Å². The zero-order valence-electron chi connectivity index (χ0n) is 8.86. The lowest BCUT2D eigenvalue weighted by molar-refractivity contribution is -0.139. The molecule has 0 aliphatic heterocycles. The minimum absolute atomic E-state index is 0.170. The number of carbonyl (C=O) groups excluding carboxylic acids is 2. The number of aryl methyl sites for hydroxylation is 1. The molecule has 1 heterocycles. The smallest absolute Gasteiger partial charge is 0.310 e. The summed E-state index contributed by atoms with van der Waals surface area (Å²) < 4.78 is 1.84. The van der Waals surface area contributed by atoms with E-state index >= 15 is 0 Å². The van der Waals surface area contributed by atoms with E-state index in [2.05, 4.69) is 10.6 Å². The molecule has 0 saturated carbocycles. The number of hydrogen-bond donors (Lipinski definition) is 2. The van der Waals surface area contributed by atoms with Gasteiger partial charge in [0.15, 0.2) is 0 Å². The van der Waals surface area contributed by atoms with Crippen LogP contribution in [-0.4, -0.2) is 22.9 Å². The van der Waals surface area contributed by atoms with Crippen LogP contribution in [0, 0.1) is 11.3 Å². The summed E-state index contributed by atoms with van der Waals surface area (Å²) in [6.07, 6.45) is 1.84. The molecule has 2 amide bonds. The Labute approximate surface area is 92.9 Å². The molecule has 6 nitrogen and oxygen atoms in total. The molecule has 0 bridgehead atoms. The van der Waals surface area contributed by atoms with E-state index in [0.717, 1.165) is 5.69 Å². The van der Waals surface area contributed by atoms with Crippen molar-refractivity contribution in [1.29, 1.82) is 5.26 Å². The van der Waals surface area contributed by atoms with Crippen LogP contribution >= 0.6 is 0 Å². The molecule has 0 fully saturated rings. The van der Waals surface area contributed by atoms with Gasteiger partial charge in [0.05, 0.1) is 12.6 Å². The lowest BCUT2D eigenvalue weighted by atomic mass is 10.4. The SMILES string of the molecule is Cn1cccc1CNC(=O)C(=O)NCC#N. The van der Waals surface area contributed by atoms with E-state index in [0.29, 0.717) is 0 Å². The van der Waals surface area contributed by atoms with Gasteiger partial charge < -0.3 is 15.2 Å². The highest BCUT2D eigenvalue weighted by Gasteiger charge is 2.12. The number of amides is 2. The average Bonchev–Trinajstić information content (AvgIpc) is 2.68. The second kappa shape index (κ2) is 5.56. The fraction of sp³-hybridized carbons (Fsp3) is 0.300. The van der Waals surface area contributed by atoms with Gasteiger partial charge in [-0.25, -0.2) is 0 Å². The first kappa shape index (κ1) is 11.8. The second-order valence-electron chi connectivity index (χ2n) is 3.13. The van der Waals surface area contributed by atoms with Crippen LogP contribution in [0.15, 0.2) is 18.3 Å². The molecule has 0 radical (unpaired) electrons. The van der Waals surface area contributed by atoms with Crippen LogP contribution in [-0.2, 0) is 23.2 Å². The summed E-state index contributed by atoms with van der Waals surface area (Å²) >= 11 is 0. The Hall–Kier alpha value is -2.29. The number of nitriles is 1. The fourth-order valence-electron chi connectivity index (χ4n) is 1.13. The topological polar surface area (TPSA) is 86.9 Å². The van der Waals surface area contributed by atoms with Gasteiger partial charge in [0.25, 0.3) is 0 Å². The Kier molecular flexibility index (Phi) is 4.09. The summed E-state index contributed by atoms with van der Waals surface area (Å²) in [6, 6.07) is 5.40. The number of nitrogens with one attached hydrogen (secondary N) is 2. The molecule has 0 saturated heterocycles. The molecule has 2 N–H and O–H groups in total. The van der Waals surface area contributed by atoms with E-state index in [-0.39, 0.29) is 13.1 Å². The Morgan fingerprint density at radius 2 is 2.12 bits per heavy atom. The van der Waals surface area contributed by atoms with Crippen molar-refractivity contribution in [3.8, 4) is 6.07 Å². The third-order valence-corrected chi connectivity index (χ3v) is 2.02.